The second-order valence-corrected chi connectivity index (χ2v) is 5.19. The van der Waals surface area contributed by atoms with Crippen LogP contribution in [0.25, 0.3) is 0 Å². The van der Waals surface area contributed by atoms with E-state index in [1.807, 2.05) is 0 Å². The quantitative estimate of drug-likeness (QED) is 0.601. The Morgan fingerprint density at radius 3 is 2.67 bits per heavy atom. The van der Waals surface area contributed by atoms with E-state index >= 15 is 0 Å². The Bertz CT molecular complexity index is 446. The molecule has 1 fully saturated rings. The van der Waals surface area contributed by atoms with Gasteiger partial charge >= 0.3 is 0 Å². The first-order valence-corrected chi connectivity index (χ1v) is 5.95. The van der Waals surface area contributed by atoms with E-state index in [9.17, 15) is 10.1 Å². The molecule has 1 aliphatic rings. The van der Waals surface area contributed by atoms with Gasteiger partial charge in [0.25, 0.3) is 5.69 Å². The van der Waals surface area contributed by atoms with Gasteiger partial charge in [-0.05, 0) is 33.5 Å². The number of nitro groups is 1. The van der Waals surface area contributed by atoms with Crippen molar-refractivity contribution in [1.29, 1.82) is 0 Å². The molecule has 1 aromatic heterocycles. The smallest absolute Gasteiger partial charge is 0.287 e. The van der Waals surface area contributed by atoms with Crippen molar-refractivity contribution in [3.63, 3.8) is 0 Å². The molecule has 0 N–H and O–H groups in total. The molecule has 2 rings (SSSR count). The number of likely N-dealkylation sites (N-methyl/N-ethyl adjacent to an activating group) is 1. The molecule has 1 atom stereocenters. The fourth-order valence-electron chi connectivity index (χ4n) is 2.18. The van der Waals surface area contributed by atoms with Crippen molar-refractivity contribution >= 4 is 11.5 Å². The summed E-state index contributed by atoms with van der Waals surface area (Å²) in [6.07, 6.45) is 2.39. The zero-order valence-corrected chi connectivity index (χ0v) is 11.0. The Labute approximate surface area is 106 Å². The third-order valence-electron chi connectivity index (χ3n) is 3.80. The van der Waals surface area contributed by atoms with Crippen LogP contribution < -0.4 is 4.90 Å². The van der Waals surface area contributed by atoms with Crippen molar-refractivity contribution in [2.75, 3.05) is 32.1 Å². The summed E-state index contributed by atoms with van der Waals surface area (Å²) in [5.41, 5.74) is 0.178. The standard InChI is InChI=1S/C12H18N4O2/c1-12(14(2)3)6-7-15(9-12)11-5-4-10(8-13-11)16(17)18/h4-5,8H,6-7,9H2,1-3H3/t12-/m0/s1. The molecule has 1 aromatic rings. The largest absolute Gasteiger partial charge is 0.355 e. The van der Waals surface area contributed by atoms with Crippen molar-refractivity contribution in [3.05, 3.63) is 28.4 Å². The van der Waals surface area contributed by atoms with Crippen molar-refractivity contribution in [2.24, 2.45) is 0 Å². The first-order valence-electron chi connectivity index (χ1n) is 5.95. The molecule has 0 amide bonds. The molecular weight excluding hydrogens is 232 g/mol. The zero-order chi connectivity index (χ0) is 13.3. The van der Waals surface area contributed by atoms with Crippen molar-refractivity contribution in [1.82, 2.24) is 9.88 Å². The Morgan fingerprint density at radius 1 is 1.50 bits per heavy atom. The maximum Gasteiger partial charge on any atom is 0.287 e. The molecule has 0 saturated carbocycles. The van der Waals surface area contributed by atoms with Gasteiger partial charge in [-0.25, -0.2) is 4.98 Å². The molecule has 0 aromatic carbocycles. The van der Waals surface area contributed by atoms with E-state index in [4.69, 9.17) is 0 Å². The summed E-state index contributed by atoms with van der Waals surface area (Å²) in [5.74, 6) is 0.811. The van der Waals surface area contributed by atoms with Gasteiger partial charge in [-0.2, -0.15) is 0 Å². The highest BCUT2D eigenvalue weighted by atomic mass is 16.6. The summed E-state index contributed by atoms with van der Waals surface area (Å²) in [5, 5.41) is 10.6. The zero-order valence-electron chi connectivity index (χ0n) is 11.0. The first kappa shape index (κ1) is 12.8. The lowest BCUT2D eigenvalue weighted by molar-refractivity contribution is -0.385. The summed E-state index contributed by atoms with van der Waals surface area (Å²) in [6, 6.07) is 3.23. The number of hydrogen-bond donors (Lipinski definition) is 0. The molecule has 0 radical (unpaired) electrons. The molecule has 0 aliphatic carbocycles. The second-order valence-electron chi connectivity index (χ2n) is 5.19. The first-order chi connectivity index (χ1) is 8.42. The lowest BCUT2D eigenvalue weighted by Gasteiger charge is -2.32. The van der Waals surface area contributed by atoms with E-state index in [-0.39, 0.29) is 11.2 Å². The molecule has 1 saturated heterocycles. The highest BCUT2D eigenvalue weighted by Gasteiger charge is 2.36. The average molecular weight is 250 g/mol. The molecule has 18 heavy (non-hydrogen) atoms. The minimum Gasteiger partial charge on any atom is -0.355 e. The lowest BCUT2D eigenvalue weighted by atomic mass is 10.0. The van der Waals surface area contributed by atoms with Crippen LogP contribution in [0.4, 0.5) is 11.5 Å². The lowest BCUT2D eigenvalue weighted by Crippen LogP contribution is -2.43. The Balaban J connectivity index is 2.12. The Hall–Kier alpha value is -1.69. The number of aromatic nitrogens is 1. The van der Waals surface area contributed by atoms with E-state index in [1.54, 1.807) is 6.07 Å². The van der Waals surface area contributed by atoms with Crippen LogP contribution in [0.1, 0.15) is 13.3 Å². The maximum absolute atomic E-state index is 10.6. The normalized spacial score (nSPS) is 23.7. The molecule has 98 valence electrons. The van der Waals surface area contributed by atoms with Gasteiger partial charge in [0.05, 0.1) is 4.92 Å². The molecule has 0 unspecified atom stereocenters. The number of nitrogens with zero attached hydrogens (tertiary/aromatic N) is 4. The molecule has 2 heterocycles. The van der Waals surface area contributed by atoms with Crippen molar-refractivity contribution < 1.29 is 4.92 Å². The second kappa shape index (κ2) is 4.53. The van der Waals surface area contributed by atoms with Crippen LogP contribution in [0, 0.1) is 10.1 Å². The van der Waals surface area contributed by atoms with Crippen molar-refractivity contribution in [2.45, 2.75) is 18.9 Å². The molecular formula is C12H18N4O2. The minimum atomic E-state index is -0.426. The molecule has 1 aliphatic heterocycles. The van der Waals surface area contributed by atoms with Crippen molar-refractivity contribution in [3.8, 4) is 0 Å². The SMILES string of the molecule is CN(C)[C@@]1(C)CCN(c2ccc([N+](=O)[O-])cn2)C1. The van der Waals surface area contributed by atoms with Gasteiger partial charge in [0.15, 0.2) is 0 Å². The van der Waals surface area contributed by atoms with Gasteiger partial charge in [0.2, 0.25) is 0 Å². The number of pyridine rings is 1. The highest BCUT2D eigenvalue weighted by Crippen LogP contribution is 2.29. The van der Waals surface area contributed by atoms with Crippen LogP contribution in [0.5, 0.6) is 0 Å². The van der Waals surface area contributed by atoms with Crippen LogP contribution in [-0.2, 0) is 0 Å². The minimum absolute atomic E-state index is 0.0355. The monoisotopic (exact) mass is 250 g/mol. The van der Waals surface area contributed by atoms with Gasteiger partial charge in [-0.1, -0.05) is 0 Å². The molecule has 6 nitrogen and oxygen atoms in total. The van der Waals surface area contributed by atoms with Crippen LogP contribution in [0.3, 0.4) is 0 Å². The highest BCUT2D eigenvalue weighted by molar-refractivity contribution is 5.44. The molecule has 6 heteroatoms. The summed E-state index contributed by atoms with van der Waals surface area (Å²) < 4.78 is 0. The van der Waals surface area contributed by atoms with Crippen LogP contribution in [0.2, 0.25) is 0 Å². The Morgan fingerprint density at radius 2 is 2.22 bits per heavy atom. The van der Waals surface area contributed by atoms with Crippen LogP contribution in [0.15, 0.2) is 18.3 Å². The summed E-state index contributed by atoms with van der Waals surface area (Å²) >= 11 is 0. The third-order valence-corrected chi connectivity index (χ3v) is 3.80. The van der Waals surface area contributed by atoms with Gasteiger partial charge in [-0.15, -0.1) is 0 Å². The van der Waals surface area contributed by atoms with E-state index in [1.165, 1.54) is 12.3 Å². The van der Waals surface area contributed by atoms with E-state index in [0.29, 0.717) is 0 Å². The van der Waals surface area contributed by atoms with Gasteiger partial charge < -0.3 is 9.80 Å². The van der Waals surface area contributed by atoms with E-state index < -0.39 is 4.92 Å². The van der Waals surface area contributed by atoms with E-state index in [0.717, 1.165) is 25.3 Å². The molecule has 0 bridgehead atoms. The fourth-order valence-corrected chi connectivity index (χ4v) is 2.18. The number of hydrogen-bond acceptors (Lipinski definition) is 5. The van der Waals surface area contributed by atoms with E-state index in [2.05, 4.69) is 35.8 Å². The van der Waals surface area contributed by atoms with Gasteiger partial charge in [-0.3, -0.25) is 10.1 Å². The summed E-state index contributed by atoms with van der Waals surface area (Å²) in [4.78, 5) is 18.7. The number of rotatable bonds is 3. The molecule has 0 spiro atoms. The van der Waals surface area contributed by atoms with Crippen LogP contribution >= 0.6 is 0 Å². The maximum atomic E-state index is 10.6. The van der Waals surface area contributed by atoms with Gasteiger partial charge in [0.1, 0.15) is 12.0 Å². The topological polar surface area (TPSA) is 62.5 Å². The number of anilines is 1. The summed E-state index contributed by atoms with van der Waals surface area (Å²) in [7, 11) is 4.15. The Kier molecular flexibility index (Phi) is 3.21. The predicted molar refractivity (Wildman–Crippen MR) is 69.8 cm³/mol. The van der Waals surface area contributed by atoms with Gasteiger partial charge in [0, 0.05) is 24.7 Å². The van der Waals surface area contributed by atoms with Crippen LogP contribution in [-0.4, -0.2) is 47.5 Å². The predicted octanol–water partition coefficient (Wildman–Crippen LogP) is 1.52. The third kappa shape index (κ3) is 2.28. The summed E-state index contributed by atoms with van der Waals surface area (Å²) in [6.45, 7) is 4.04. The average Bonchev–Trinajstić information content (AvgIpc) is 2.73. The fraction of sp³-hybridized carbons (Fsp3) is 0.583.